The van der Waals surface area contributed by atoms with Crippen LogP contribution in [0.3, 0.4) is 0 Å². The van der Waals surface area contributed by atoms with Gasteiger partial charge < -0.3 is 19.7 Å². The van der Waals surface area contributed by atoms with Crippen LogP contribution in [0.5, 0.6) is 5.75 Å². The minimum atomic E-state index is -0.728. The lowest BCUT2D eigenvalue weighted by atomic mass is 10.0. The molecule has 0 amide bonds. The number of aliphatic hydroxyl groups is 2. The molecule has 0 spiro atoms. The van der Waals surface area contributed by atoms with Gasteiger partial charge in [-0.3, -0.25) is 0 Å². The third kappa shape index (κ3) is 7.34. The van der Waals surface area contributed by atoms with Crippen molar-refractivity contribution in [2.75, 3.05) is 7.11 Å². The minimum Gasteiger partial charge on any atom is -0.478 e. The van der Waals surface area contributed by atoms with Crippen molar-refractivity contribution in [3.8, 4) is 5.75 Å². The van der Waals surface area contributed by atoms with Gasteiger partial charge in [-0.1, -0.05) is 63.1 Å². The molecule has 0 radical (unpaired) electrons. The van der Waals surface area contributed by atoms with Gasteiger partial charge in [0.15, 0.2) is 6.10 Å². The monoisotopic (exact) mass is 366 g/mol. The summed E-state index contributed by atoms with van der Waals surface area (Å²) in [6.45, 7) is 3.66. The first kappa shape index (κ1) is 22.5. The molecule has 1 atom stereocenters. The first-order valence-electron chi connectivity index (χ1n) is 9.65. The largest absolute Gasteiger partial charge is 0.478 e. The molecule has 1 aromatic rings. The van der Waals surface area contributed by atoms with Crippen molar-refractivity contribution in [1.29, 1.82) is 0 Å². The van der Waals surface area contributed by atoms with E-state index < -0.39 is 12.1 Å². The fourth-order valence-electron chi connectivity index (χ4n) is 3.10. The molecule has 0 saturated carbocycles. The van der Waals surface area contributed by atoms with E-state index in [0.29, 0.717) is 23.3 Å². The number of unbranched alkanes of at least 4 members (excludes halogenated alkanes) is 6. The lowest BCUT2D eigenvalue weighted by molar-refractivity contribution is -0.149. The molecule has 1 unspecified atom stereocenters. The molecule has 2 N–H and O–H groups in total. The van der Waals surface area contributed by atoms with Crippen molar-refractivity contribution in [1.82, 2.24) is 0 Å². The van der Waals surface area contributed by atoms with E-state index >= 15 is 0 Å². The average molecular weight is 366 g/mol. The Morgan fingerprint density at radius 2 is 1.54 bits per heavy atom. The number of esters is 1. The molecule has 0 saturated heterocycles. The van der Waals surface area contributed by atoms with E-state index in [9.17, 15) is 15.0 Å². The Morgan fingerprint density at radius 3 is 2.04 bits per heavy atom. The minimum absolute atomic E-state index is 0.213. The summed E-state index contributed by atoms with van der Waals surface area (Å²) in [7, 11) is 1.35. The Morgan fingerprint density at radius 1 is 1.00 bits per heavy atom. The summed E-state index contributed by atoms with van der Waals surface area (Å²) in [4.78, 5) is 12.1. The van der Waals surface area contributed by atoms with Crippen LogP contribution in [0.4, 0.5) is 0 Å². The Bertz CT molecular complexity index is 516. The number of benzene rings is 1. The van der Waals surface area contributed by atoms with Crippen molar-refractivity contribution < 1.29 is 24.5 Å². The normalized spacial score (nSPS) is 12.0. The highest BCUT2D eigenvalue weighted by Crippen LogP contribution is 2.28. The number of ether oxygens (including phenoxy) is 2. The third-order valence-electron chi connectivity index (χ3n) is 4.52. The van der Waals surface area contributed by atoms with E-state index in [1.807, 2.05) is 6.92 Å². The smallest absolute Gasteiger partial charge is 0.347 e. The molecule has 1 rings (SSSR count). The summed E-state index contributed by atoms with van der Waals surface area (Å²) >= 11 is 0. The number of hydrogen-bond donors (Lipinski definition) is 2. The molecule has 0 aliphatic rings. The fraction of sp³-hybridized carbons (Fsp3) is 0.667. The number of rotatable bonds is 13. The van der Waals surface area contributed by atoms with Crippen LogP contribution < -0.4 is 4.74 Å². The van der Waals surface area contributed by atoms with Crippen molar-refractivity contribution in [3.05, 3.63) is 28.8 Å². The number of carbonyl (C=O) groups is 1. The molecular weight excluding hydrogens is 332 g/mol. The number of aryl methyl sites for hydroxylation is 1. The molecule has 26 heavy (non-hydrogen) atoms. The van der Waals surface area contributed by atoms with Crippen LogP contribution in [0, 0.1) is 6.92 Å². The zero-order valence-electron chi connectivity index (χ0n) is 16.4. The van der Waals surface area contributed by atoms with Crippen molar-refractivity contribution in [2.45, 2.75) is 84.5 Å². The molecular formula is C21H34O5. The van der Waals surface area contributed by atoms with Crippen LogP contribution in [0.15, 0.2) is 12.1 Å². The maximum atomic E-state index is 12.1. The Hall–Kier alpha value is -1.59. The topological polar surface area (TPSA) is 76.0 Å². The average Bonchev–Trinajstić information content (AvgIpc) is 2.65. The molecule has 5 heteroatoms. The van der Waals surface area contributed by atoms with Gasteiger partial charge in [0.05, 0.1) is 20.3 Å². The standard InChI is InChI=1S/C21H34O5/c1-4-5-6-7-8-9-10-11-19(21(24)25-3)26-20-17(14-22)12-16(2)13-18(20)15-23/h12-13,19,22-23H,4-11,14-15H2,1-3H3. The van der Waals surface area contributed by atoms with Crippen LogP contribution in [-0.4, -0.2) is 29.4 Å². The zero-order valence-corrected chi connectivity index (χ0v) is 16.4. The van der Waals surface area contributed by atoms with Crippen LogP contribution in [-0.2, 0) is 22.7 Å². The molecule has 5 nitrogen and oxygen atoms in total. The molecule has 0 bridgehead atoms. The van der Waals surface area contributed by atoms with Crippen LogP contribution in [0.2, 0.25) is 0 Å². The summed E-state index contributed by atoms with van der Waals surface area (Å²) in [5, 5.41) is 19.2. The number of carbonyl (C=O) groups excluding carboxylic acids is 1. The molecule has 148 valence electrons. The predicted molar refractivity (Wildman–Crippen MR) is 102 cm³/mol. The van der Waals surface area contributed by atoms with Gasteiger partial charge in [0.2, 0.25) is 0 Å². The molecule has 0 heterocycles. The second-order valence-electron chi connectivity index (χ2n) is 6.77. The van der Waals surface area contributed by atoms with Crippen molar-refractivity contribution in [2.24, 2.45) is 0 Å². The maximum absolute atomic E-state index is 12.1. The quantitative estimate of drug-likeness (QED) is 0.407. The first-order chi connectivity index (χ1) is 12.6. The van der Waals surface area contributed by atoms with Gasteiger partial charge in [-0.2, -0.15) is 0 Å². The van der Waals surface area contributed by atoms with Gasteiger partial charge in [-0.25, -0.2) is 4.79 Å². The van der Waals surface area contributed by atoms with Crippen LogP contribution >= 0.6 is 0 Å². The van der Waals surface area contributed by atoms with Crippen molar-refractivity contribution >= 4 is 5.97 Å². The van der Waals surface area contributed by atoms with E-state index in [1.54, 1.807) is 12.1 Å². The number of methoxy groups -OCH3 is 1. The third-order valence-corrected chi connectivity index (χ3v) is 4.52. The van der Waals surface area contributed by atoms with Gasteiger partial charge in [-0.15, -0.1) is 0 Å². The summed E-state index contributed by atoms with van der Waals surface area (Å²) in [5.41, 5.74) is 2.07. The Kier molecular flexibility index (Phi) is 11.0. The summed E-state index contributed by atoms with van der Waals surface area (Å²) in [6.07, 6.45) is 7.90. The zero-order chi connectivity index (χ0) is 19.4. The molecule has 1 aromatic carbocycles. The summed E-state index contributed by atoms with van der Waals surface area (Å²) < 4.78 is 10.8. The van der Waals surface area contributed by atoms with Gasteiger partial charge in [0.25, 0.3) is 0 Å². The fourth-order valence-corrected chi connectivity index (χ4v) is 3.10. The molecule has 0 aromatic heterocycles. The maximum Gasteiger partial charge on any atom is 0.347 e. The second-order valence-corrected chi connectivity index (χ2v) is 6.77. The highest BCUT2D eigenvalue weighted by atomic mass is 16.6. The van der Waals surface area contributed by atoms with Gasteiger partial charge in [0.1, 0.15) is 5.75 Å². The van der Waals surface area contributed by atoms with Crippen LogP contribution in [0.25, 0.3) is 0 Å². The van der Waals surface area contributed by atoms with E-state index in [1.165, 1.54) is 32.8 Å². The van der Waals surface area contributed by atoms with E-state index in [4.69, 9.17) is 9.47 Å². The number of aliphatic hydroxyl groups excluding tert-OH is 2. The van der Waals surface area contributed by atoms with E-state index in [-0.39, 0.29) is 13.2 Å². The molecule has 0 aliphatic carbocycles. The Balaban J connectivity index is 2.72. The van der Waals surface area contributed by atoms with E-state index in [0.717, 1.165) is 24.8 Å². The first-order valence-corrected chi connectivity index (χ1v) is 9.65. The second kappa shape index (κ2) is 12.7. The van der Waals surface area contributed by atoms with Gasteiger partial charge >= 0.3 is 5.97 Å². The van der Waals surface area contributed by atoms with Crippen molar-refractivity contribution in [3.63, 3.8) is 0 Å². The summed E-state index contributed by atoms with van der Waals surface area (Å²) in [5.74, 6) is -0.0386. The highest BCUT2D eigenvalue weighted by molar-refractivity contribution is 5.75. The van der Waals surface area contributed by atoms with Gasteiger partial charge in [-0.05, 0) is 19.8 Å². The molecule has 0 fully saturated rings. The number of hydrogen-bond acceptors (Lipinski definition) is 5. The van der Waals surface area contributed by atoms with E-state index in [2.05, 4.69) is 6.92 Å². The molecule has 0 aliphatic heterocycles. The summed E-state index contributed by atoms with van der Waals surface area (Å²) in [6, 6.07) is 3.60. The Labute approximate surface area is 157 Å². The van der Waals surface area contributed by atoms with Crippen LogP contribution in [0.1, 0.15) is 75.0 Å². The SMILES string of the molecule is CCCCCCCCCC(Oc1c(CO)cc(C)cc1CO)C(=O)OC. The lowest BCUT2D eigenvalue weighted by Crippen LogP contribution is -2.29. The lowest BCUT2D eigenvalue weighted by Gasteiger charge is -2.21. The predicted octanol–water partition coefficient (Wildman–Crippen LogP) is 4.04. The van der Waals surface area contributed by atoms with Gasteiger partial charge in [0, 0.05) is 11.1 Å². The highest BCUT2D eigenvalue weighted by Gasteiger charge is 2.23.